The molecule has 3 heteroatoms. The van der Waals surface area contributed by atoms with E-state index in [2.05, 4.69) is 17.2 Å². The second kappa shape index (κ2) is 6.16. The molecule has 66 valence electrons. The van der Waals surface area contributed by atoms with E-state index in [0.29, 0.717) is 0 Å². The van der Waals surface area contributed by atoms with Crippen molar-refractivity contribution in [1.82, 2.24) is 4.98 Å². The summed E-state index contributed by atoms with van der Waals surface area (Å²) < 4.78 is 0. The summed E-state index contributed by atoms with van der Waals surface area (Å²) in [7, 11) is 0. The van der Waals surface area contributed by atoms with Gasteiger partial charge in [-0.15, -0.1) is 11.3 Å². The lowest BCUT2D eigenvalue weighted by Gasteiger charge is -1.92. The molecule has 1 rings (SSSR count). The highest BCUT2D eigenvalue weighted by molar-refractivity contribution is 7.13. The first-order valence-corrected chi connectivity index (χ1v) is 4.87. The summed E-state index contributed by atoms with van der Waals surface area (Å²) in [6, 6.07) is 0. The van der Waals surface area contributed by atoms with Crippen molar-refractivity contribution in [3.8, 4) is 0 Å². The molecule has 1 heterocycles. The highest BCUT2D eigenvalue weighted by Gasteiger charge is 1.92. The molecule has 0 saturated heterocycles. The molecule has 2 nitrogen and oxygen atoms in total. The molecule has 1 N–H and O–H groups in total. The van der Waals surface area contributed by atoms with Gasteiger partial charge in [-0.05, 0) is 13.8 Å². The van der Waals surface area contributed by atoms with Gasteiger partial charge in [-0.2, -0.15) is 0 Å². The summed E-state index contributed by atoms with van der Waals surface area (Å²) in [5.41, 5.74) is 1.09. The van der Waals surface area contributed by atoms with E-state index in [9.17, 15) is 0 Å². The van der Waals surface area contributed by atoms with Crippen LogP contribution in [0, 0.1) is 6.92 Å². The predicted molar refractivity (Wildman–Crippen MR) is 54.5 cm³/mol. The Labute approximate surface area is 74.2 Å². The lowest BCUT2D eigenvalue weighted by Crippen LogP contribution is -1.94. The third kappa shape index (κ3) is 3.98. The van der Waals surface area contributed by atoms with Gasteiger partial charge in [-0.1, -0.05) is 13.8 Å². The van der Waals surface area contributed by atoms with Gasteiger partial charge in [0.2, 0.25) is 0 Å². The van der Waals surface area contributed by atoms with Crippen LogP contribution in [0.15, 0.2) is 5.38 Å². The molecule has 0 fully saturated rings. The number of aryl methyl sites for hydroxylation is 1. The van der Waals surface area contributed by atoms with E-state index in [-0.39, 0.29) is 1.43 Å². The molecule has 0 aliphatic carbocycles. The molecule has 11 heavy (non-hydrogen) atoms. The summed E-state index contributed by atoms with van der Waals surface area (Å²) in [5.74, 6) is 0. The number of anilines is 1. The number of aromatic nitrogens is 1. The molecule has 0 atom stereocenters. The molecule has 0 radical (unpaired) electrons. The fourth-order valence-corrected chi connectivity index (χ4v) is 1.35. The van der Waals surface area contributed by atoms with Gasteiger partial charge in [0.1, 0.15) is 0 Å². The van der Waals surface area contributed by atoms with Gasteiger partial charge in [0.05, 0.1) is 5.69 Å². The Morgan fingerprint density at radius 1 is 1.64 bits per heavy atom. The van der Waals surface area contributed by atoms with Crippen LogP contribution in [0.2, 0.25) is 0 Å². The highest BCUT2D eigenvalue weighted by atomic mass is 32.1. The minimum absolute atomic E-state index is 0. The van der Waals surface area contributed by atoms with E-state index in [4.69, 9.17) is 0 Å². The topological polar surface area (TPSA) is 24.9 Å². The summed E-state index contributed by atoms with van der Waals surface area (Å²) in [6.07, 6.45) is 0. The average molecular weight is 174 g/mol. The van der Waals surface area contributed by atoms with Crippen molar-refractivity contribution >= 4 is 16.5 Å². The van der Waals surface area contributed by atoms with Crippen molar-refractivity contribution in [1.29, 1.82) is 0 Å². The molecule has 1 aromatic rings. The zero-order valence-electron chi connectivity index (χ0n) is 7.64. The van der Waals surface area contributed by atoms with Crippen LogP contribution in [0.5, 0.6) is 0 Å². The van der Waals surface area contributed by atoms with E-state index in [1.54, 1.807) is 11.3 Å². The van der Waals surface area contributed by atoms with Gasteiger partial charge in [0.25, 0.3) is 0 Å². The van der Waals surface area contributed by atoms with E-state index in [1.165, 1.54) is 0 Å². The van der Waals surface area contributed by atoms with Crippen LogP contribution in [-0.2, 0) is 0 Å². The Hall–Kier alpha value is -0.570. The Morgan fingerprint density at radius 3 is 2.64 bits per heavy atom. The fraction of sp³-hybridized carbons (Fsp3) is 0.625. The van der Waals surface area contributed by atoms with Crippen LogP contribution in [-0.4, -0.2) is 11.5 Å². The molecular formula is C8H18N2S. The Morgan fingerprint density at radius 2 is 2.27 bits per heavy atom. The predicted octanol–water partition coefficient (Wildman–Crippen LogP) is 3.16. The fourth-order valence-electron chi connectivity index (χ4n) is 0.586. The third-order valence-electron chi connectivity index (χ3n) is 0.947. The van der Waals surface area contributed by atoms with Crippen LogP contribution in [0.3, 0.4) is 0 Å². The van der Waals surface area contributed by atoms with E-state index in [0.717, 1.165) is 17.4 Å². The van der Waals surface area contributed by atoms with Gasteiger partial charge in [-0.25, -0.2) is 4.98 Å². The molecule has 1 aromatic heterocycles. The Kier molecular flexibility index (Phi) is 5.84. The van der Waals surface area contributed by atoms with Crippen molar-refractivity contribution in [2.24, 2.45) is 0 Å². The molecular weight excluding hydrogens is 156 g/mol. The number of thiazole rings is 1. The summed E-state index contributed by atoms with van der Waals surface area (Å²) in [4.78, 5) is 4.21. The second-order valence-corrected chi connectivity index (χ2v) is 2.68. The van der Waals surface area contributed by atoms with Crippen molar-refractivity contribution in [2.45, 2.75) is 27.7 Å². The zero-order valence-corrected chi connectivity index (χ0v) is 8.46. The minimum Gasteiger partial charge on any atom is -0.362 e. The highest BCUT2D eigenvalue weighted by Crippen LogP contribution is 2.13. The number of hydrogen-bond donors (Lipinski definition) is 1. The number of rotatable bonds is 2. The van der Waals surface area contributed by atoms with Gasteiger partial charge in [-0.3, -0.25) is 0 Å². The minimum atomic E-state index is 0. The first-order valence-electron chi connectivity index (χ1n) is 3.99. The first kappa shape index (κ1) is 10.4. The molecule has 0 saturated carbocycles. The molecule has 0 aliphatic heterocycles. The monoisotopic (exact) mass is 174 g/mol. The quantitative estimate of drug-likeness (QED) is 0.745. The van der Waals surface area contributed by atoms with Crippen LogP contribution >= 0.6 is 11.3 Å². The van der Waals surface area contributed by atoms with Crippen LogP contribution in [0.1, 0.15) is 27.9 Å². The summed E-state index contributed by atoms with van der Waals surface area (Å²) in [6.45, 7) is 9.01. The Balaban J connectivity index is 0. The normalized spacial score (nSPS) is 8.36. The second-order valence-electron chi connectivity index (χ2n) is 1.82. The summed E-state index contributed by atoms with van der Waals surface area (Å²) >= 11 is 1.65. The molecule has 0 aromatic carbocycles. The van der Waals surface area contributed by atoms with Crippen molar-refractivity contribution in [3.63, 3.8) is 0 Å². The molecule has 0 aliphatic rings. The lowest BCUT2D eigenvalue weighted by atomic mass is 10.6. The van der Waals surface area contributed by atoms with Crippen LogP contribution in [0.25, 0.3) is 0 Å². The molecule has 0 bridgehead atoms. The smallest absolute Gasteiger partial charge is 0.182 e. The van der Waals surface area contributed by atoms with Gasteiger partial charge in [0, 0.05) is 13.4 Å². The SMILES string of the molecule is CC.CCNc1nc(C)cs1.[HH]. The molecule has 0 spiro atoms. The summed E-state index contributed by atoms with van der Waals surface area (Å²) in [5, 5.41) is 6.20. The average Bonchev–Trinajstić information content (AvgIpc) is 2.41. The van der Waals surface area contributed by atoms with Gasteiger partial charge in [0.15, 0.2) is 5.13 Å². The molecule has 0 amide bonds. The number of nitrogens with one attached hydrogen (secondary N) is 1. The standard InChI is InChI=1S/C6H10N2S.C2H6.H2/c1-3-7-6-8-5(2)4-9-6;1-2;/h4H,3H2,1-2H3,(H,7,8);1-2H3;1H. The Bertz CT molecular complexity index is 189. The van der Waals surface area contributed by atoms with Gasteiger partial charge < -0.3 is 5.32 Å². The largest absolute Gasteiger partial charge is 0.362 e. The number of hydrogen-bond acceptors (Lipinski definition) is 3. The molecule has 0 unspecified atom stereocenters. The van der Waals surface area contributed by atoms with Crippen molar-refractivity contribution in [3.05, 3.63) is 11.1 Å². The van der Waals surface area contributed by atoms with E-state index in [1.807, 2.05) is 26.2 Å². The van der Waals surface area contributed by atoms with Crippen molar-refractivity contribution < 1.29 is 1.43 Å². The maximum atomic E-state index is 4.21. The van der Waals surface area contributed by atoms with Gasteiger partial charge >= 0.3 is 0 Å². The maximum absolute atomic E-state index is 4.21. The number of nitrogens with zero attached hydrogens (tertiary/aromatic N) is 1. The third-order valence-corrected chi connectivity index (χ3v) is 1.86. The maximum Gasteiger partial charge on any atom is 0.182 e. The van der Waals surface area contributed by atoms with Crippen molar-refractivity contribution in [2.75, 3.05) is 11.9 Å². The van der Waals surface area contributed by atoms with Crippen LogP contribution < -0.4 is 5.32 Å². The first-order chi connectivity index (χ1) is 5.33. The lowest BCUT2D eigenvalue weighted by molar-refractivity contribution is 1.17. The van der Waals surface area contributed by atoms with E-state index >= 15 is 0 Å². The van der Waals surface area contributed by atoms with Crippen LogP contribution in [0.4, 0.5) is 5.13 Å². The van der Waals surface area contributed by atoms with E-state index < -0.39 is 0 Å². The zero-order chi connectivity index (χ0) is 8.69.